The van der Waals surface area contributed by atoms with E-state index in [0.717, 1.165) is 16.7 Å². The summed E-state index contributed by atoms with van der Waals surface area (Å²) in [6.45, 7) is 0.789. The third-order valence-corrected chi connectivity index (χ3v) is 4.75. The van der Waals surface area contributed by atoms with Gasteiger partial charge in [-0.25, -0.2) is 4.79 Å². The molecule has 0 aromatic heterocycles. The van der Waals surface area contributed by atoms with Gasteiger partial charge in [0.25, 0.3) is 0 Å². The average molecular weight is 382 g/mol. The highest BCUT2D eigenvalue weighted by Gasteiger charge is 2.36. The normalized spacial score (nSPS) is 16.5. The molecule has 1 atom stereocenters. The largest absolute Gasteiger partial charge is 0.549 e. The number of carboxylic acid groups (broad SMARTS) is 1. The van der Waals surface area contributed by atoms with Crippen molar-refractivity contribution in [2.24, 2.45) is 22.2 Å². The monoisotopic (exact) mass is 382 g/mol. The minimum atomic E-state index is -1.28. The van der Waals surface area contributed by atoms with E-state index in [2.05, 4.69) is 4.99 Å². The summed E-state index contributed by atoms with van der Waals surface area (Å²) >= 11 is 0. The van der Waals surface area contributed by atoms with Crippen molar-refractivity contribution in [3.05, 3.63) is 64.2 Å². The number of aromatic carboxylic acids is 1. The lowest BCUT2D eigenvalue weighted by Crippen LogP contribution is -2.43. The van der Waals surface area contributed by atoms with E-state index in [4.69, 9.17) is 21.9 Å². The Kier molecular flexibility index (Phi) is 5.98. The number of hydrogen-bond acceptors (Lipinski definition) is 6. The molecule has 0 radical (unpaired) electrons. The third kappa shape index (κ3) is 4.17. The molecule has 0 bridgehead atoms. The second-order valence-corrected chi connectivity index (χ2v) is 6.69. The maximum Gasteiger partial charge on any atom is 0.549 e. The summed E-state index contributed by atoms with van der Waals surface area (Å²) in [4.78, 5) is 15.7. The van der Waals surface area contributed by atoms with Gasteiger partial charge in [0.1, 0.15) is 11.7 Å². The highest BCUT2D eigenvalue weighted by Crippen LogP contribution is 2.31. The van der Waals surface area contributed by atoms with Crippen molar-refractivity contribution in [1.82, 2.24) is 0 Å². The number of amidine groups is 1. The second kappa shape index (κ2) is 8.43. The SMILES string of the molecule is NCc1ccc(CC(N)=NC2Cc3cccc(C(=O)O)c3OB2O)c(CN)c1. The molecule has 0 aliphatic carbocycles. The van der Waals surface area contributed by atoms with Crippen LogP contribution >= 0.6 is 0 Å². The molecule has 0 amide bonds. The Hall–Kier alpha value is -2.88. The first-order valence-electron chi connectivity index (χ1n) is 8.95. The van der Waals surface area contributed by atoms with Crippen LogP contribution in [0, 0.1) is 0 Å². The summed E-state index contributed by atoms with van der Waals surface area (Å²) in [5.41, 5.74) is 21.2. The molecule has 1 aliphatic heterocycles. The summed E-state index contributed by atoms with van der Waals surface area (Å²) in [5.74, 6) is -1.22. The molecule has 0 spiro atoms. The number of hydrogen-bond donors (Lipinski definition) is 5. The lowest BCUT2D eigenvalue weighted by molar-refractivity contribution is 0.0694. The Balaban J connectivity index is 1.80. The molecule has 0 fully saturated rings. The molecule has 28 heavy (non-hydrogen) atoms. The van der Waals surface area contributed by atoms with Gasteiger partial charge in [0.2, 0.25) is 0 Å². The van der Waals surface area contributed by atoms with Crippen molar-refractivity contribution in [2.75, 3.05) is 0 Å². The number of carboxylic acids is 1. The molecule has 146 valence electrons. The average Bonchev–Trinajstić information content (AvgIpc) is 2.68. The highest BCUT2D eigenvalue weighted by molar-refractivity contribution is 6.46. The van der Waals surface area contributed by atoms with Gasteiger partial charge >= 0.3 is 13.1 Å². The van der Waals surface area contributed by atoms with Gasteiger partial charge in [0, 0.05) is 19.5 Å². The van der Waals surface area contributed by atoms with Gasteiger partial charge in [-0.1, -0.05) is 30.3 Å². The predicted molar refractivity (Wildman–Crippen MR) is 107 cm³/mol. The van der Waals surface area contributed by atoms with E-state index in [0.29, 0.717) is 37.3 Å². The van der Waals surface area contributed by atoms with Crippen LogP contribution in [0.3, 0.4) is 0 Å². The van der Waals surface area contributed by atoms with E-state index in [-0.39, 0.29) is 11.3 Å². The van der Waals surface area contributed by atoms with Crippen LogP contribution in [0.4, 0.5) is 0 Å². The number of para-hydroxylation sites is 1. The smallest absolute Gasteiger partial charge is 0.534 e. The van der Waals surface area contributed by atoms with Crippen LogP contribution in [0.15, 0.2) is 41.4 Å². The number of benzene rings is 2. The first kappa shape index (κ1) is 19.9. The van der Waals surface area contributed by atoms with Gasteiger partial charge in [-0.3, -0.25) is 4.99 Å². The van der Waals surface area contributed by atoms with Crippen LogP contribution in [-0.2, 0) is 25.9 Å². The van der Waals surface area contributed by atoms with Crippen LogP contribution in [0.25, 0.3) is 0 Å². The number of nitrogens with zero attached hydrogens (tertiary/aromatic N) is 1. The first-order chi connectivity index (χ1) is 13.4. The van der Waals surface area contributed by atoms with E-state index in [1.165, 1.54) is 6.07 Å². The molecule has 0 saturated heterocycles. The fraction of sp³-hybridized carbons (Fsp3) is 0.263. The fourth-order valence-electron chi connectivity index (χ4n) is 3.31. The maximum atomic E-state index is 11.3. The number of fused-ring (bicyclic) bond motifs is 1. The minimum absolute atomic E-state index is 0.0135. The van der Waals surface area contributed by atoms with Gasteiger partial charge in [-0.2, -0.15) is 0 Å². The molecule has 1 aliphatic rings. The summed E-state index contributed by atoms with van der Waals surface area (Å²) in [6, 6.07) is 10.6. The third-order valence-electron chi connectivity index (χ3n) is 4.75. The Bertz CT molecular complexity index is 919. The Labute approximate surface area is 163 Å². The van der Waals surface area contributed by atoms with Crippen molar-refractivity contribution < 1.29 is 19.6 Å². The van der Waals surface area contributed by atoms with E-state index in [9.17, 15) is 14.9 Å². The molecular formula is C19H23BN4O4. The van der Waals surface area contributed by atoms with Crippen molar-refractivity contribution in [3.8, 4) is 5.75 Å². The molecule has 8 nitrogen and oxygen atoms in total. The minimum Gasteiger partial charge on any atom is -0.534 e. The lowest BCUT2D eigenvalue weighted by Gasteiger charge is -2.26. The van der Waals surface area contributed by atoms with E-state index in [1.54, 1.807) is 12.1 Å². The van der Waals surface area contributed by atoms with E-state index < -0.39 is 19.0 Å². The molecule has 3 rings (SSSR count). The Morgan fingerprint density at radius 3 is 2.68 bits per heavy atom. The van der Waals surface area contributed by atoms with Gasteiger partial charge in [0.05, 0.1) is 11.4 Å². The summed E-state index contributed by atoms with van der Waals surface area (Å²) < 4.78 is 5.44. The molecule has 8 N–H and O–H groups in total. The van der Waals surface area contributed by atoms with Gasteiger partial charge in [-0.05, 0) is 34.7 Å². The van der Waals surface area contributed by atoms with Crippen LogP contribution in [0.5, 0.6) is 5.75 Å². The van der Waals surface area contributed by atoms with Gasteiger partial charge < -0.3 is 32.0 Å². The van der Waals surface area contributed by atoms with E-state index >= 15 is 0 Å². The first-order valence-corrected chi connectivity index (χ1v) is 8.95. The molecular weight excluding hydrogens is 359 g/mol. The molecule has 1 heterocycles. The zero-order valence-electron chi connectivity index (χ0n) is 15.3. The molecule has 2 aromatic carbocycles. The molecule has 2 aromatic rings. The van der Waals surface area contributed by atoms with Crippen LogP contribution < -0.4 is 21.9 Å². The van der Waals surface area contributed by atoms with Crippen molar-refractivity contribution in [1.29, 1.82) is 0 Å². The topological polar surface area (TPSA) is 157 Å². The van der Waals surface area contributed by atoms with Crippen molar-refractivity contribution in [3.63, 3.8) is 0 Å². The summed E-state index contributed by atoms with van der Waals surface area (Å²) in [5, 5.41) is 19.6. The summed E-state index contributed by atoms with van der Waals surface area (Å²) in [6.07, 6.45) is 0.705. The van der Waals surface area contributed by atoms with Gasteiger partial charge in [-0.15, -0.1) is 0 Å². The zero-order chi connectivity index (χ0) is 20.3. The number of aliphatic imine (C=N–C) groups is 1. The van der Waals surface area contributed by atoms with Crippen LogP contribution in [0.2, 0.25) is 0 Å². The second-order valence-electron chi connectivity index (χ2n) is 6.69. The Morgan fingerprint density at radius 2 is 2.00 bits per heavy atom. The zero-order valence-corrected chi connectivity index (χ0v) is 15.3. The highest BCUT2D eigenvalue weighted by atomic mass is 16.5. The standard InChI is InChI=1S/C19H23BN4O4/c21-9-11-4-5-12(14(6-11)10-22)8-17(23)24-16-7-13-2-1-3-15(19(25)26)18(13)28-20(16)27/h1-6,16,27H,7-10,21-22H2,(H2,23,24)(H,25,26). The predicted octanol–water partition coefficient (Wildman–Crippen LogP) is 0.225. The quantitative estimate of drug-likeness (QED) is 0.272. The van der Waals surface area contributed by atoms with Crippen LogP contribution in [0.1, 0.15) is 32.6 Å². The van der Waals surface area contributed by atoms with Crippen molar-refractivity contribution in [2.45, 2.75) is 31.9 Å². The summed E-state index contributed by atoms with van der Waals surface area (Å²) in [7, 11) is -1.28. The lowest BCUT2D eigenvalue weighted by atomic mass is 9.72. The van der Waals surface area contributed by atoms with Gasteiger partial charge in [0.15, 0.2) is 0 Å². The Morgan fingerprint density at radius 1 is 1.21 bits per heavy atom. The van der Waals surface area contributed by atoms with Crippen LogP contribution in [-0.4, -0.2) is 35.0 Å². The fourth-order valence-corrected chi connectivity index (χ4v) is 3.31. The maximum absolute atomic E-state index is 11.3. The number of carbonyl (C=O) groups is 1. The molecule has 1 unspecified atom stereocenters. The number of nitrogens with two attached hydrogens (primary N) is 3. The molecule has 0 saturated carbocycles. The number of rotatable bonds is 6. The molecule has 9 heteroatoms. The van der Waals surface area contributed by atoms with Crippen molar-refractivity contribution >= 4 is 18.9 Å². The van der Waals surface area contributed by atoms with E-state index in [1.807, 2.05) is 18.2 Å².